The predicted molar refractivity (Wildman–Crippen MR) is 59.8 cm³/mol. The van der Waals surface area contributed by atoms with Gasteiger partial charge in [-0.3, -0.25) is 0 Å². The molecule has 0 bridgehead atoms. The summed E-state index contributed by atoms with van der Waals surface area (Å²) in [6.07, 6.45) is 0. The van der Waals surface area contributed by atoms with Crippen molar-refractivity contribution in [1.29, 1.82) is 0 Å². The molecule has 15 heavy (non-hydrogen) atoms. The zero-order valence-corrected chi connectivity index (χ0v) is 8.62. The number of nitrogens with two attached hydrogens (primary N) is 1. The van der Waals surface area contributed by atoms with Crippen LogP contribution in [0.1, 0.15) is 0 Å². The molecular formula is C10H15N3O2. The van der Waals surface area contributed by atoms with Gasteiger partial charge >= 0.3 is 6.03 Å². The Morgan fingerprint density at radius 2 is 2.33 bits per heavy atom. The first-order valence-electron chi connectivity index (χ1n) is 4.61. The van der Waals surface area contributed by atoms with Crippen molar-refractivity contribution in [3.05, 3.63) is 24.3 Å². The van der Waals surface area contributed by atoms with E-state index in [-0.39, 0.29) is 6.03 Å². The molecule has 4 N–H and O–H groups in total. The van der Waals surface area contributed by atoms with E-state index >= 15 is 0 Å². The van der Waals surface area contributed by atoms with Gasteiger partial charge in [-0.25, -0.2) is 4.79 Å². The second kappa shape index (κ2) is 5.87. The number of methoxy groups -OCH3 is 1. The Kier molecular flexibility index (Phi) is 4.43. The molecule has 0 heterocycles. The van der Waals surface area contributed by atoms with Gasteiger partial charge in [-0.2, -0.15) is 0 Å². The molecule has 0 spiro atoms. The molecule has 0 saturated carbocycles. The van der Waals surface area contributed by atoms with Gasteiger partial charge in [0.15, 0.2) is 0 Å². The number of benzene rings is 1. The number of rotatable bonds is 4. The first-order chi connectivity index (χ1) is 7.22. The Hall–Kier alpha value is -1.75. The normalized spacial score (nSPS) is 9.67. The summed E-state index contributed by atoms with van der Waals surface area (Å²) in [7, 11) is 1.58. The zero-order valence-electron chi connectivity index (χ0n) is 8.62. The molecule has 0 atom stereocenters. The number of nitrogen functional groups attached to an aromatic ring is 1. The van der Waals surface area contributed by atoms with Crippen LogP contribution in [0.25, 0.3) is 0 Å². The molecule has 0 aromatic heterocycles. The molecule has 5 heteroatoms. The van der Waals surface area contributed by atoms with E-state index in [4.69, 9.17) is 10.5 Å². The van der Waals surface area contributed by atoms with Crippen molar-refractivity contribution in [1.82, 2.24) is 5.32 Å². The zero-order chi connectivity index (χ0) is 11.1. The molecule has 0 aliphatic carbocycles. The number of carbonyl (C=O) groups excluding carboxylic acids is 1. The molecule has 0 unspecified atom stereocenters. The largest absolute Gasteiger partial charge is 0.399 e. The Labute approximate surface area is 88.6 Å². The maximum Gasteiger partial charge on any atom is 0.319 e. The van der Waals surface area contributed by atoms with E-state index in [9.17, 15) is 4.79 Å². The highest BCUT2D eigenvalue weighted by Crippen LogP contribution is 2.11. The smallest absolute Gasteiger partial charge is 0.319 e. The van der Waals surface area contributed by atoms with Crippen molar-refractivity contribution in [2.45, 2.75) is 0 Å². The van der Waals surface area contributed by atoms with Crippen LogP contribution in [-0.2, 0) is 4.74 Å². The van der Waals surface area contributed by atoms with Gasteiger partial charge in [-0.15, -0.1) is 0 Å². The van der Waals surface area contributed by atoms with Crippen molar-refractivity contribution in [2.24, 2.45) is 0 Å². The Morgan fingerprint density at radius 1 is 1.53 bits per heavy atom. The number of hydrogen-bond acceptors (Lipinski definition) is 3. The quantitative estimate of drug-likeness (QED) is 0.512. The second-order valence-electron chi connectivity index (χ2n) is 3.00. The van der Waals surface area contributed by atoms with Gasteiger partial charge in [-0.05, 0) is 18.2 Å². The van der Waals surface area contributed by atoms with Crippen LogP contribution >= 0.6 is 0 Å². The van der Waals surface area contributed by atoms with Crippen molar-refractivity contribution >= 4 is 17.4 Å². The van der Waals surface area contributed by atoms with Crippen LogP contribution in [0.3, 0.4) is 0 Å². The topological polar surface area (TPSA) is 76.4 Å². The molecular weight excluding hydrogens is 194 g/mol. The third-order valence-electron chi connectivity index (χ3n) is 1.74. The molecule has 1 aromatic carbocycles. The van der Waals surface area contributed by atoms with Crippen LogP contribution in [0.5, 0.6) is 0 Å². The lowest BCUT2D eigenvalue weighted by Gasteiger charge is -2.07. The highest BCUT2D eigenvalue weighted by Gasteiger charge is 2.00. The van der Waals surface area contributed by atoms with E-state index in [0.29, 0.717) is 24.5 Å². The fourth-order valence-corrected chi connectivity index (χ4v) is 1.06. The molecule has 0 saturated heterocycles. The third-order valence-corrected chi connectivity index (χ3v) is 1.74. The molecule has 0 aliphatic heterocycles. The summed E-state index contributed by atoms with van der Waals surface area (Å²) in [5, 5.41) is 5.29. The first kappa shape index (κ1) is 11.3. The lowest BCUT2D eigenvalue weighted by molar-refractivity contribution is 0.198. The molecule has 0 fully saturated rings. The highest BCUT2D eigenvalue weighted by atomic mass is 16.5. The van der Waals surface area contributed by atoms with Crippen LogP contribution < -0.4 is 16.4 Å². The maximum atomic E-state index is 11.3. The molecule has 1 rings (SSSR count). The van der Waals surface area contributed by atoms with E-state index in [1.165, 1.54) is 0 Å². The van der Waals surface area contributed by atoms with Crippen LogP contribution in [0.2, 0.25) is 0 Å². The van der Waals surface area contributed by atoms with Crippen LogP contribution in [0.4, 0.5) is 16.2 Å². The summed E-state index contributed by atoms with van der Waals surface area (Å²) in [5.41, 5.74) is 6.85. The minimum absolute atomic E-state index is 0.266. The van der Waals surface area contributed by atoms with Gasteiger partial charge in [0.05, 0.1) is 6.61 Å². The summed E-state index contributed by atoms with van der Waals surface area (Å²) in [4.78, 5) is 11.3. The van der Waals surface area contributed by atoms with Gasteiger partial charge < -0.3 is 21.1 Å². The molecule has 0 aliphatic rings. The number of anilines is 2. The lowest BCUT2D eigenvalue weighted by Crippen LogP contribution is -2.31. The van der Waals surface area contributed by atoms with Gasteiger partial charge in [-0.1, -0.05) is 6.07 Å². The summed E-state index contributed by atoms with van der Waals surface area (Å²) >= 11 is 0. The summed E-state index contributed by atoms with van der Waals surface area (Å²) in [5.74, 6) is 0. The average Bonchev–Trinajstić information content (AvgIpc) is 2.18. The van der Waals surface area contributed by atoms with Crippen molar-refractivity contribution in [3.8, 4) is 0 Å². The van der Waals surface area contributed by atoms with Crippen molar-refractivity contribution in [3.63, 3.8) is 0 Å². The number of carbonyl (C=O) groups is 1. The van der Waals surface area contributed by atoms with Crippen LogP contribution in [0.15, 0.2) is 24.3 Å². The number of nitrogens with one attached hydrogen (secondary N) is 2. The standard InChI is InChI=1S/C10H15N3O2/c1-15-6-5-12-10(14)13-9-4-2-3-8(11)7-9/h2-4,7H,5-6,11H2,1H3,(H2,12,13,14). The lowest BCUT2D eigenvalue weighted by atomic mass is 10.3. The minimum Gasteiger partial charge on any atom is -0.399 e. The van der Waals surface area contributed by atoms with E-state index in [2.05, 4.69) is 10.6 Å². The van der Waals surface area contributed by atoms with E-state index in [1.54, 1.807) is 31.4 Å². The fourth-order valence-electron chi connectivity index (χ4n) is 1.06. The number of amides is 2. The first-order valence-corrected chi connectivity index (χ1v) is 4.61. The second-order valence-corrected chi connectivity index (χ2v) is 3.00. The number of urea groups is 1. The Balaban J connectivity index is 2.37. The summed E-state index contributed by atoms with van der Waals surface area (Å²) < 4.78 is 4.80. The van der Waals surface area contributed by atoms with E-state index in [0.717, 1.165) is 0 Å². The number of hydrogen-bond donors (Lipinski definition) is 3. The van der Waals surface area contributed by atoms with Crippen LogP contribution in [-0.4, -0.2) is 26.3 Å². The molecule has 1 aromatic rings. The highest BCUT2D eigenvalue weighted by molar-refractivity contribution is 5.89. The average molecular weight is 209 g/mol. The molecule has 0 radical (unpaired) electrons. The molecule has 82 valence electrons. The number of ether oxygens (including phenoxy) is 1. The summed E-state index contributed by atoms with van der Waals surface area (Å²) in [6.45, 7) is 0.967. The monoisotopic (exact) mass is 209 g/mol. The predicted octanol–water partition coefficient (Wildman–Crippen LogP) is 1.04. The molecule has 5 nitrogen and oxygen atoms in total. The third kappa shape index (κ3) is 4.33. The minimum atomic E-state index is -0.266. The fraction of sp³-hybridized carbons (Fsp3) is 0.300. The van der Waals surface area contributed by atoms with Gasteiger partial charge in [0.25, 0.3) is 0 Å². The molecule has 2 amide bonds. The maximum absolute atomic E-state index is 11.3. The van der Waals surface area contributed by atoms with Crippen molar-refractivity contribution in [2.75, 3.05) is 31.3 Å². The Bertz CT molecular complexity index is 328. The van der Waals surface area contributed by atoms with E-state index < -0.39 is 0 Å². The van der Waals surface area contributed by atoms with Gasteiger partial charge in [0.1, 0.15) is 0 Å². The van der Waals surface area contributed by atoms with Gasteiger partial charge in [0, 0.05) is 25.0 Å². The van der Waals surface area contributed by atoms with Crippen LogP contribution in [0, 0.1) is 0 Å². The van der Waals surface area contributed by atoms with E-state index in [1.807, 2.05) is 0 Å². The Morgan fingerprint density at radius 3 is 3.00 bits per heavy atom. The van der Waals surface area contributed by atoms with Gasteiger partial charge in [0.2, 0.25) is 0 Å². The SMILES string of the molecule is COCCNC(=O)Nc1cccc(N)c1. The summed E-state index contributed by atoms with van der Waals surface area (Å²) in [6, 6.07) is 6.73. The van der Waals surface area contributed by atoms with Crippen molar-refractivity contribution < 1.29 is 9.53 Å².